The Bertz CT molecular complexity index is 1110. The van der Waals surface area contributed by atoms with Crippen molar-refractivity contribution in [3.63, 3.8) is 0 Å². The second kappa shape index (κ2) is 11.5. The number of carbonyl (C=O) groups is 2. The maximum absolute atomic E-state index is 13.5. The van der Waals surface area contributed by atoms with Gasteiger partial charge in [-0.05, 0) is 61.4 Å². The molecule has 1 fully saturated rings. The second-order valence-electron chi connectivity index (χ2n) is 8.00. The summed E-state index contributed by atoms with van der Waals surface area (Å²) in [4.78, 5) is 34.6. The molecule has 2 aromatic rings. The van der Waals surface area contributed by atoms with Gasteiger partial charge in [-0.25, -0.2) is 9.38 Å². The fraction of sp³-hybridized carbons (Fsp3) is 0.346. The van der Waals surface area contributed by atoms with Crippen molar-refractivity contribution >= 4 is 40.5 Å². The summed E-state index contributed by atoms with van der Waals surface area (Å²) in [5, 5.41) is 0.0380. The lowest BCUT2D eigenvalue weighted by Gasteiger charge is -2.30. The molecule has 0 aliphatic carbocycles. The molecule has 35 heavy (non-hydrogen) atoms. The smallest absolute Gasteiger partial charge is 0.283 e. The van der Waals surface area contributed by atoms with E-state index in [1.807, 2.05) is 13.8 Å². The molecule has 2 amide bonds. The zero-order chi connectivity index (χ0) is 24.8. The minimum absolute atomic E-state index is 0.0126. The first kappa shape index (κ1) is 24.9. The van der Waals surface area contributed by atoms with Gasteiger partial charge in [-0.1, -0.05) is 30.8 Å². The number of thioether (sulfide) groups is 1. The Balaban J connectivity index is 1.64. The minimum Gasteiger partial charge on any atom is -0.494 e. The number of rotatable bonds is 7. The van der Waals surface area contributed by atoms with Gasteiger partial charge in [0.05, 0.1) is 30.8 Å². The van der Waals surface area contributed by atoms with E-state index < -0.39 is 5.25 Å². The van der Waals surface area contributed by atoms with E-state index >= 15 is 0 Å². The molecule has 0 aromatic heterocycles. The summed E-state index contributed by atoms with van der Waals surface area (Å²) in [5.74, 6) is 0.0475. The first-order chi connectivity index (χ1) is 17.0. The average molecular weight is 498 g/mol. The third kappa shape index (κ3) is 5.91. The molecule has 1 unspecified atom stereocenters. The minimum atomic E-state index is -0.394. The fourth-order valence-corrected chi connectivity index (χ4v) is 4.92. The molecule has 184 valence electrons. The Morgan fingerprint density at radius 2 is 1.83 bits per heavy atom. The quantitative estimate of drug-likeness (QED) is 0.533. The van der Waals surface area contributed by atoms with Gasteiger partial charge in [-0.2, -0.15) is 0 Å². The fourth-order valence-electron chi connectivity index (χ4n) is 3.80. The molecule has 4 rings (SSSR count). The lowest BCUT2D eigenvalue weighted by atomic mass is 10.2. The highest BCUT2D eigenvalue weighted by Crippen LogP contribution is 2.33. The van der Waals surface area contributed by atoms with Crippen molar-refractivity contribution < 1.29 is 23.5 Å². The number of amidine groups is 1. The van der Waals surface area contributed by atoms with Gasteiger partial charge in [0.25, 0.3) is 5.91 Å². The standard InChI is InChI=1S/C26H28FN3O4S/c1-3-23(25(32)29-13-15-33-16-14-29)35-26-28-22(17-18-5-7-19(27)8-6-18)24(31)30(26)20-9-11-21(12-10-20)34-4-2/h5-12,17,23H,3-4,13-16H2,1-2H3/b22-17-. The van der Waals surface area contributed by atoms with Crippen LogP contribution in [0.5, 0.6) is 5.75 Å². The van der Waals surface area contributed by atoms with Crippen molar-refractivity contribution in [3.05, 3.63) is 65.6 Å². The summed E-state index contributed by atoms with van der Waals surface area (Å²) in [7, 11) is 0. The van der Waals surface area contributed by atoms with Crippen LogP contribution in [0.25, 0.3) is 6.08 Å². The van der Waals surface area contributed by atoms with E-state index in [1.54, 1.807) is 47.4 Å². The van der Waals surface area contributed by atoms with Crippen molar-refractivity contribution in [3.8, 4) is 5.75 Å². The van der Waals surface area contributed by atoms with E-state index in [-0.39, 0.29) is 23.3 Å². The van der Waals surface area contributed by atoms with Crippen LogP contribution in [0.1, 0.15) is 25.8 Å². The van der Waals surface area contributed by atoms with E-state index in [4.69, 9.17) is 9.47 Å². The third-order valence-electron chi connectivity index (χ3n) is 5.63. The maximum atomic E-state index is 13.5. The van der Waals surface area contributed by atoms with Crippen molar-refractivity contribution in [1.29, 1.82) is 0 Å². The normalized spacial score (nSPS) is 18.1. The highest BCUT2D eigenvalue weighted by atomic mass is 32.2. The van der Waals surface area contributed by atoms with Crippen molar-refractivity contribution in [2.75, 3.05) is 37.8 Å². The monoisotopic (exact) mass is 497 g/mol. The van der Waals surface area contributed by atoms with Crippen LogP contribution in [-0.4, -0.2) is 60.0 Å². The molecule has 0 radical (unpaired) electrons. The van der Waals surface area contributed by atoms with Crippen LogP contribution < -0.4 is 9.64 Å². The largest absolute Gasteiger partial charge is 0.494 e. The van der Waals surface area contributed by atoms with Gasteiger partial charge in [-0.15, -0.1) is 0 Å². The molecule has 0 spiro atoms. The molecular formula is C26H28FN3O4S. The molecular weight excluding hydrogens is 469 g/mol. The summed E-state index contributed by atoms with van der Waals surface area (Å²) in [6.45, 7) is 6.55. The van der Waals surface area contributed by atoms with Crippen LogP contribution in [0.3, 0.4) is 0 Å². The van der Waals surface area contributed by atoms with E-state index in [1.165, 1.54) is 28.8 Å². The number of morpholine rings is 1. The SMILES string of the molecule is CCOc1ccc(N2C(=O)/C(=C/c3ccc(F)cc3)N=C2SC(CC)C(=O)N2CCOCC2)cc1. The number of benzene rings is 2. The van der Waals surface area contributed by atoms with E-state index in [0.717, 1.165) is 0 Å². The molecule has 2 aromatic carbocycles. The number of hydrogen-bond acceptors (Lipinski definition) is 6. The van der Waals surface area contributed by atoms with Crippen molar-refractivity contribution in [2.45, 2.75) is 25.5 Å². The van der Waals surface area contributed by atoms with Crippen LogP contribution in [0.2, 0.25) is 0 Å². The van der Waals surface area contributed by atoms with Gasteiger partial charge in [0.1, 0.15) is 17.3 Å². The average Bonchev–Trinajstić information content (AvgIpc) is 3.19. The highest BCUT2D eigenvalue weighted by molar-refractivity contribution is 8.15. The number of aliphatic imine (C=N–C) groups is 1. The van der Waals surface area contributed by atoms with Crippen molar-refractivity contribution in [1.82, 2.24) is 4.90 Å². The number of carbonyl (C=O) groups excluding carboxylic acids is 2. The van der Waals surface area contributed by atoms with Gasteiger partial charge in [0, 0.05) is 13.1 Å². The topological polar surface area (TPSA) is 71.4 Å². The Kier molecular flexibility index (Phi) is 8.20. The van der Waals surface area contributed by atoms with Crippen LogP contribution in [-0.2, 0) is 14.3 Å². The zero-order valence-corrected chi connectivity index (χ0v) is 20.6. The maximum Gasteiger partial charge on any atom is 0.283 e. The van der Waals surface area contributed by atoms with Gasteiger partial charge < -0.3 is 14.4 Å². The number of hydrogen-bond donors (Lipinski definition) is 0. The van der Waals surface area contributed by atoms with Gasteiger partial charge in [0.15, 0.2) is 5.17 Å². The van der Waals surface area contributed by atoms with Crippen LogP contribution in [0.15, 0.2) is 59.2 Å². The lowest BCUT2D eigenvalue weighted by Crippen LogP contribution is -2.45. The van der Waals surface area contributed by atoms with Crippen LogP contribution in [0.4, 0.5) is 10.1 Å². The Labute approximate surface area is 208 Å². The summed E-state index contributed by atoms with van der Waals surface area (Å²) in [6.07, 6.45) is 2.21. The third-order valence-corrected chi connectivity index (χ3v) is 6.93. The van der Waals surface area contributed by atoms with Gasteiger partial charge >= 0.3 is 0 Å². The Morgan fingerprint density at radius 1 is 1.14 bits per heavy atom. The van der Waals surface area contributed by atoms with Gasteiger partial charge in [-0.3, -0.25) is 14.5 Å². The summed E-state index contributed by atoms with van der Waals surface area (Å²) in [6, 6.07) is 13.0. The zero-order valence-electron chi connectivity index (χ0n) is 19.8. The molecule has 2 aliphatic rings. The molecule has 9 heteroatoms. The number of halogens is 1. The van der Waals surface area contributed by atoms with Crippen LogP contribution in [0, 0.1) is 5.82 Å². The number of anilines is 1. The predicted molar refractivity (Wildman–Crippen MR) is 136 cm³/mol. The molecule has 0 N–H and O–H groups in total. The van der Waals surface area contributed by atoms with Crippen LogP contribution >= 0.6 is 11.8 Å². The van der Waals surface area contributed by atoms with E-state index in [9.17, 15) is 14.0 Å². The number of amides is 2. The second-order valence-corrected chi connectivity index (χ2v) is 9.17. The summed E-state index contributed by atoms with van der Waals surface area (Å²) in [5.41, 5.74) is 1.51. The molecule has 2 aliphatic heterocycles. The molecule has 7 nitrogen and oxygen atoms in total. The van der Waals surface area contributed by atoms with E-state index in [0.29, 0.717) is 61.5 Å². The Hall–Kier alpha value is -3.17. The highest BCUT2D eigenvalue weighted by Gasteiger charge is 2.36. The lowest BCUT2D eigenvalue weighted by molar-refractivity contribution is -0.134. The summed E-state index contributed by atoms with van der Waals surface area (Å²) >= 11 is 1.28. The first-order valence-corrected chi connectivity index (χ1v) is 12.5. The molecule has 0 saturated carbocycles. The molecule has 1 saturated heterocycles. The number of nitrogens with zero attached hydrogens (tertiary/aromatic N) is 3. The predicted octanol–water partition coefficient (Wildman–Crippen LogP) is 4.34. The first-order valence-electron chi connectivity index (χ1n) is 11.7. The Morgan fingerprint density at radius 3 is 2.46 bits per heavy atom. The summed E-state index contributed by atoms with van der Waals surface area (Å²) < 4.78 is 24.2. The molecule has 1 atom stereocenters. The number of ether oxygens (including phenoxy) is 2. The van der Waals surface area contributed by atoms with E-state index in [2.05, 4.69) is 4.99 Å². The van der Waals surface area contributed by atoms with Gasteiger partial charge in [0.2, 0.25) is 5.91 Å². The molecule has 0 bridgehead atoms. The van der Waals surface area contributed by atoms with Crippen molar-refractivity contribution in [2.24, 2.45) is 4.99 Å². The molecule has 2 heterocycles.